The summed E-state index contributed by atoms with van der Waals surface area (Å²) >= 11 is 6.47. The molecule has 3 aromatic rings. The zero-order valence-corrected chi connectivity index (χ0v) is 18.4. The third kappa shape index (κ3) is 5.18. The first kappa shape index (κ1) is 22.8. The van der Waals surface area contributed by atoms with E-state index in [1.54, 1.807) is 18.3 Å². The molecule has 4 heterocycles. The summed E-state index contributed by atoms with van der Waals surface area (Å²) in [5.41, 5.74) is 8.78. The first-order valence-corrected chi connectivity index (χ1v) is 10.5. The van der Waals surface area contributed by atoms with Crippen molar-refractivity contribution in [1.29, 1.82) is 0 Å². The molecule has 1 aliphatic heterocycles. The molecule has 0 aliphatic carbocycles. The summed E-state index contributed by atoms with van der Waals surface area (Å²) in [6.45, 7) is 1.64. The van der Waals surface area contributed by atoms with Gasteiger partial charge < -0.3 is 20.3 Å². The minimum Gasteiger partial charge on any atom is -0.388 e. The molecular formula is C22H21ClF2N6O2. The summed E-state index contributed by atoms with van der Waals surface area (Å²) in [5.74, 6) is -2.10. The molecule has 3 aromatic heterocycles. The largest absolute Gasteiger partial charge is 0.388 e. The van der Waals surface area contributed by atoms with Crippen molar-refractivity contribution < 1.29 is 18.4 Å². The smallest absolute Gasteiger partial charge is 0.272 e. The fraction of sp³-hybridized carbons (Fsp3) is 0.273. The minimum absolute atomic E-state index is 0.182. The lowest BCUT2D eigenvalue weighted by Gasteiger charge is -2.27. The van der Waals surface area contributed by atoms with Crippen molar-refractivity contribution in [1.82, 2.24) is 20.0 Å². The van der Waals surface area contributed by atoms with Gasteiger partial charge in [-0.1, -0.05) is 22.8 Å². The van der Waals surface area contributed by atoms with Crippen LogP contribution >= 0.6 is 11.6 Å². The number of aliphatic imine (C=N–C) groups is 1. The quantitative estimate of drug-likeness (QED) is 0.422. The molecule has 0 atom stereocenters. The number of halogens is 3. The summed E-state index contributed by atoms with van der Waals surface area (Å²) in [7, 11) is 0. The predicted octanol–water partition coefficient (Wildman–Crippen LogP) is 4.12. The van der Waals surface area contributed by atoms with Crippen molar-refractivity contribution in [3.8, 4) is 11.3 Å². The highest BCUT2D eigenvalue weighted by atomic mass is 35.5. The monoisotopic (exact) mass is 474 g/mol. The zero-order chi connectivity index (χ0) is 23.6. The van der Waals surface area contributed by atoms with E-state index in [9.17, 15) is 8.78 Å². The standard InChI is InChI=1S/C22H21ClF2N6O2/c1-22(24,25)15-2-3-19(27-11-15)29-21(26)31-6-4-13(5-7-31)20-17(23)8-14(10-28-20)18-9-16(12-32)33-30-18/h2-4,8-11,32H,5-7,12H2,1H3,(H2,26,27,29). The highest BCUT2D eigenvalue weighted by Crippen LogP contribution is 2.31. The molecule has 0 radical (unpaired) electrons. The van der Waals surface area contributed by atoms with Crippen molar-refractivity contribution in [3.63, 3.8) is 0 Å². The lowest BCUT2D eigenvalue weighted by atomic mass is 10.0. The maximum Gasteiger partial charge on any atom is 0.272 e. The van der Waals surface area contributed by atoms with Crippen LogP contribution in [0.2, 0.25) is 5.02 Å². The van der Waals surface area contributed by atoms with Gasteiger partial charge in [-0.15, -0.1) is 0 Å². The van der Waals surface area contributed by atoms with Gasteiger partial charge in [-0.25, -0.2) is 13.8 Å². The Morgan fingerprint density at radius 3 is 2.70 bits per heavy atom. The number of rotatable bonds is 5. The second-order valence-electron chi connectivity index (χ2n) is 7.58. The minimum atomic E-state index is -2.96. The Bertz CT molecular complexity index is 1200. The Morgan fingerprint density at radius 1 is 1.30 bits per heavy atom. The van der Waals surface area contributed by atoms with E-state index in [1.807, 2.05) is 11.0 Å². The summed E-state index contributed by atoms with van der Waals surface area (Å²) in [6, 6.07) is 6.08. The number of hydrogen-bond donors (Lipinski definition) is 2. The van der Waals surface area contributed by atoms with E-state index in [1.165, 1.54) is 12.1 Å². The van der Waals surface area contributed by atoms with Crippen LogP contribution in [0.1, 0.15) is 30.4 Å². The summed E-state index contributed by atoms with van der Waals surface area (Å²) < 4.78 is 31.6. The van der Waals surface area contributed by atoms with E-state index in [2.05, 4.69) is 20.1 Å². The lowest BCUT2D eigenvalue weighted by Crippen LogP contribution is -2.39. The fourth-order valence-corrected chi connectivity index (χ4v) is 3.62. The Morgan fingerprint density at radius 2 is 2.12 bits per heavy atom. The average Bonchev–Trinajstić information content (AvgIpc) is 3.28. The number of nitrogens with zero attached hydrogens (tertiary/aromatic N) is 5. The number of aliphatic hydroxyl groups is 1. The van der Waals surface area contributed by atoms with Crippen LogP contribution in [0.4, 0.5) is 14.6 Å². The molecule has 0 aromatic carbocycles. The van der Waals surface area contributed by atoms with Gasteiger partial charge in [-0.2, -0.15) is 4.99 Å². The van der Waals surface area contributed by atoms with Gasteiger partial charge in [0.15, 0.2) is 17.5 Å². The van der Waals surface area contributed by atoms with Crippen LogP contribution in [0.3, 0.4) is 0 Å². The average molecular weight is 475 g/mol. The van der Waals surface area contributed by atoms with Crippen LogP contribution in [-0.2, 0) is 12.5 Å². The molecule has 0 amide bonds. The molecule has 1 aliphatic rings. The van der Waals surface area contributed by atoms with Crippen LogP contribution in [0.15, 0.2) is 52.3 Å². The van der Waals surface area contributed by atoms with E-state index >= 15 is 0 Å². The van der Waals surface area contributed by atoms with Crippen molar-refractivity contribution in [2.24, 2.45) is 10.7 Å². The van der Waals surface area contributed by atoms with Crippen LogP contribution in [0, 0.1) is 0 Å². The lowest BCUT2D eigenvalue weighted by molar-refractivity contribution is 0.0171. The molecule has 0 unspecified atom stereocenters. The van der Waals surface area contributed by atoms with Crippen LogP contribution in [0.25, 0.3) is 16.8 Å². The van der Waals surface area contributed by atoms with Crippen molar-refractivity contribution in [3.05, 3.63) is 64.8 Å². The number of guanidine groups is 1. The molecule has 0 spiro atoms. The second-order valence-corrected chi connectivity index (χ2v) is 7.99. The summed E-state index contributed by atoms with van der Waals surface area (Å²) in [4.78, 5) is 14.5. The molecule has 0 fully saturated rings. The molecule has 33 heavy (non-hydrogen) atoms. The highest BCUT2D eigenvalue weighted by Gasteiger charge is 2.24. The Balaban J connectivity index is 1.45. The number of pyridine rings is 2. The zero-order valence-electron chi connectivity index (χ0n) is 17.7. The second kappa shape index (κ2) is 9.24. The molecule has 172 valence electrons. The van der Waals surface area contributed by atoms with Gasteiger partial charge in [0.05, 0.1) is 10.7 Å². The Labute approximate surface area is 193 Å². The number of nitrogens with two attached hydrogens (primary N) is 1. The molecule has 8 nitrogen and oxygen atoms in total. The van der Waals surface area contributed by atoms with E-state index in [-0.39, 0.29) is 23.9 Å². The molecule has 0 saturated heterocycles. The molecule has 0 bridgehead atoms. The van der Waals surface area contributed by atoms with Crippen molar-refractivity contribution >= 4 is 29.0 Å². The van der Waals surface area contributed by atoms with Gasteiger partial charge >= 0.3 is 0 Å². The van der Waals surface area contributed by atoms with Gasteiger partial charge in [0.1, 0.15) is 12.3 Å². The van der Waals surface area contributed by atoms with Crippen LogP contribution in [0.5, 0.6) is 0 Å². The van der Waals surface area contributed by atoms with Crippen molar-refractivity contribution in [2.45, 2.75) is 25.9 Å². The van der Waals surface area contributed by atoms with Crippen molar-refractivity contribution in [2.75, 3.05) is 13.1 Å². The topological polar surface area (TPSA) is 114 Å². The third-order valence-corrected chi connectivity index (χ3v) is 5.46. The number of hydrogen-bond acceptors (Lipinski definition) is 6. The van der Waals surface area contributed by atoms with Crippen LogP contribution in [-0.4, -0.2) is 44.2 Å². The van der Waals surface area contributed by atoms with Gasteiger partial charge in [-0.05, 0) is 30.2 Å². The molecule has 4 rings (SSSR count). The normalized spacial score (nSPS) is 15.0. The molecule has 3 N–H and O–H groups in total. The van der Waals surface area contributed by atoms with Crippen LogP contribution < -0.4 is 5.73 Å². The summed E-state index contributed by atoms with van der Waals surface area (Å²) in [6.07, 6.45) is 5.35. The summed E-state index contributed by atoms with van der Waals surface area (Å²) in [5, 5.41) is 13.5. The Kier molecular flexibility index (Phi) is 6.39. The SMILES string of the molecule is CC(F)(F)c1ccc(N=C(N)N2CC=C(c3ncc(-c4cc(CO)on4)cc3Cl)CC2)nc1. The number of alkyl halides is 2. The fourth-order valence-electron chi connectivity index (χ4n) is 3.33. The first-order chi connectivity index (χ1) is 15.7. The maximum atomic E-state index is 13.3. The maximum absolute atomic E-state index is 13.3. The number of aromatic nitrogens is 3. The van der Waals surface area contributed by atoms with Gasteiger partial charge in [-0.3, -0.25) is 4.98 Å². The molecular weight excluding hydrogens is 454 g/mol. The van der Waals surface area contributed by atoms with Gasteiger partial charge in [0.2, 0.25) is 0 Å². The predicted molar refractivity (Wildman–Crippen MR) is 120 cm³/mol. The third-order valence-electron chi connectivity index (χ3n) is 5.17. The van der Waals surface area contributed by atoms with Gasteiger partial charge in [0, 0.05) is 49.6 Å². The van der Waals surface area contributed by atoms with E-state index in [0.717, 1.165) is 18.7 Å². The molecule has 11 heteroatoms. The Hall–Kier alpha value is -3.37. The highest BCUT2D eigenvalue weighted by molar-refractivity contribution is 6.32. The molecule has 0 saturated carbocycles. The first-order valence-electron chi connectivity index (χ1n) is 10.1. The van der Waals surface area contributed by atoms with Gasteiger partial charge in [0.25, 0.3) is 5.92 Å². The van der Waals surface area contributed by atoms with E-state index in [4.69, 9.17) is 27.0 Å². The van der Waals surface area contributed by atoms with E-state index < -0.39 is 5.92 Å². The van der Waals surface area contributed by atoms with E-state index in [0.29, 0.717) is 47.2 Å². The number of aliphatic hydroxyl groups excluding tert-OH is 1.